The molecule has 0 bridgehead atoms. The van der Waals surface area contributed by atoms with E-state index in [1.165, 1.54) is 48.1 Å². The van der Waals surface area contributed by atoms with Crippen molar-refractivity contribution in [3.63, 3.8) is 0 Å². The van der Waals surface area contributed by atoms with Crippen LogP contribution >= 0.6 is 11.9 Å². The number of nitrogens with zero attached hydrogens (tertiary/aromatic N) is 1. The fraction of sp³-hybridized carbons (Fsp3) is 0.409. The maximum Gasteiger partial charge on any atom is 0.338 e. The normalized spacial score (nSPS) is 15.1. The molecule has 0 saturated heterocycles. The molecule has 0 spiro atoms. The van der Waals surface area contributed by atoms with Crippen molar-refractivity contribution in [2.45, 2.75) is 43.9 Å². The smallest absolute Gasteiger partial charge is 0.338 e. The molecule has 1 aliphatic rings. The summed E-state index contributed by atoms with van der Waals surface area (Å²) in [6, 6.07) is 13.7. The highest BCUT2D eigenvalue weighted by Crippen LogP contribution is 2.35. The van der Waals surface area contributed by atoms with E-state index in [1.54, 1.807) is 31.2 Å². The summed E-state index contributed by atoms with van der Waals surface area (Å²) in [5, 5.41) is 0. The van der Waals surface area contributed by atoms with E-state index in [2.05, 4.69) is 0 Å². The highest BCUT2D eigenvalue weighted by Gasteiger charge is 2.28. The second kappa shape index (κ2) is 9.67. The number of anilines is 1. The van der Waals surface area contributed by atoms with Crippen molar-refractivity contribution in [3.8, 4) is 0 Å². The molecule has 156 valence electrons. The number of hydrogen-bond acceptors (Lipinski definition) is 5. The number of benzene rings is 2. The molecule has 1 aliphatic carbocycles. The van der Waals surface area contributed by atoms with Crippen molar-refractivity contribution in [2.24, 2.45) is 5.92 Å². The molecular weight excluding hydrogens is 406 g/mol. The minimum Gasteiger partial charge on any atom is -0.465 e. The van der Waals surface area contributed by atoms with E-state index in [0.29, 0.717) is 17.2 Å². The number of carbonyl (C=O) groups excluding carboxylic acids is 1. The van der Waals surface area contributed by atoms with Crippen LogP contribution in [0.25, 0.3) is 0 Å². The Labute approximate surface area is 177 Å². The summed E-state index contributed by atoms with van der Waals surface area (Å²) < 4.78 is 33.3. The van der Waals surface area contributed by atoms with Gasteiger partial charge in [0.25, 0.3) is 10.0 Å². The van der Waals surface area contributed by atoms with Crippen molar-refractivity contribution in [1.29, 1.82) is 0 Å². The first-order valence-electron chi connectivity index (χ1n) is 9.85. The van der Waals surface area contributed by atoms with Crippen molar-refractivity contribution < 1.29 is 17.9 Å². The van der Waals surface area contributed by atoms with Gasteiger partial charge in [0.1, 0.15) is 0 Å². The van der Waals surface area contributed by atoms with E-state index in [9.17, 15) is 13.2 Å². The summed E-state index contributed by atoms with van der Waals surface area (Å²) in [5.41, 5.74) is 1.55. The molecule has 1 fully saturated rings. The average Bonchev–Trinajstić information content (AvgIpc) is 2.75. The van der Waals surface area contributed by atoms with Gasteiger partial charge in [-0.2, -0.15) is 0 Å². The Morgan fingerprint density at radius 1 is 1.10 bits per heavy atom. The third kappa shape index (κ3) is 5.14. The highest BCUT2D eigenvalue weighted by atomic mass is 32.3. The van der Waals surface area contributed by atoms with E-state index in [4.69, 9.17) is 4.74 Å². The van der Waals surface area contributed by atoms with Crippen LogP contribution in [0.15, 0.2) is 53.4 Å². The number of hydrogen-bond donors (Lipinski definition) is 0. The Morgan fingerprint density at radius 2 is 1.79 bits per heavy atom. The Kier molecular flexibility index (Phi) is 7.24. The molecule has 29 heavy (non-hydrogen) atoms. The molecule has 7 heteroatoms. The molecule has 0 atom stereocenters. The molecule has 0 radical (unpaired) electrons. The van der Waals surface area contributed by atoms with Crippen LogP contribution in [-0.4, -0.2) is 27.2 Å². The molecule has 0 N–H and O–H groups in total. The molecule has 2 aromatic carbocycles. The lowest BCUT2D eigenvalue weighted by Gasteiger charge is -2.27. The summed E-state index contributed by atoms with van der Waals surface area (Å²) in [5.74, 6) is 0.739. The Bertz CT molecular complexity index is 939. The third-order valence-corrected chi connectivity index (χ3v) is 8.72. The quantitative estimate of drug-likeness (QED) is 0.443. The summed E-state index contributed by atoms with van der Waals surface area (Å²) in [6.07, 6.45) is 5.98. The third-order valence-electron chi connectivity index (χ3n) is 5.25. The van der Waals surface area contributed by atoms with Gasteiger partial charge < -0.3 is 4.74 Å². The van der Waals surface area contributed by atoms with Gasteiger partial charge in [-0.15, -0.1) is 0 Å². The lowest BCUT2D eigenvalue weighted by atomic mass is 9.91. The Hall–Kier alpha value is -1.99. The summed E-state index contributed by atoms with van der Waals surface area (Å²) in [7, 11) is -2.56. The van der Waals surface area contributed by atoms with Gasteiger partial charge in [0.05, 0.1) is 23.3 Å². The fourth-order valence-corrected chi connectivity index (χ4v) is 6.59. The summed E-state index contributed by atoms with van der Waals surface area (Å²) >= 11 is 1.34. The van der Waals surface area contributed by atoms with E-state index in [-0.39, 0.29) is 10.5 Å². The van der Waals surface area contributed by atoms with Crippen molar-refractivity contribution in [2.75, 3.05) is 16.6 Å². The maximum atomic E-state index is 13.5. The van der Waals surface area contributed by atoms with Crippen LogP contribution in [-0.2, 0) is 14.8 Å². The zero-order chi connectivity index (χ0) is 20.9. The van der Waals surface area contributed by atoms with Crippen LogP contribution in [0.1, 0.15) is 48.0 Å². The minimum atomic E-state index is -3.85. The number of methoxy groups -OCH3 is 1. The lowest BCUT2D eigenvalue weighted by molar-refractivity contribution is 0.0599. The van der Waals surface area contributed by atoms with Gasteiger partial charge in [-0.05, 0) is 67.5 Å². The number of sulfonamides is 1. The topological polar surface area (TPSA) is 63.7 Å². The van der Waals surface area contributed by atoms with Gasteiger partial charge in [-0.3, -0.25) is 0 Å². The first-order chi connectivity index (χ1) is 13.9. The first-order valence-corrected chi connectivity index (χ1v) is 12.2. The maximum absolute atomic E-state index is 13.5. The molecule has 0 amide bonds. The average molecular weight is 434 g/mol. The number of esters is 1. The van der Waals surface area contributed by atoms with Crippen LogP contribution in [0.3, 0.4) is 0 Å². The standard InChI is InChI=1S/C22H27NO4S2/c1-17-13-14-20(15-21(17)22(24)27-2)29(25,26)23(19-11-7-4-8-12-19)28-16-18-9-5-3-6-10-18/h4,7-8,11-15,18H,3,5-6,9-10,16H2,1-2H3. The Morgan fingerprint density at radius 3 is 2.45 bits per heavy atom. The molecule has 1 saturated carbocycles. The summed E-state index contributed by atoms with van der Waals surface area (Å²) in [6.45, 7) is 1.76. The number of aryl methyl sites for hydroxylation is 1. The second-order valence-electron chi connectivity index (χ2n) is 7.34. The largest absolute Gasteiger partial charge is 0.465 e. The van der Waals surface area contributed by atoms with Gasteiger partial charge in [-0.25, -0.2) is 16.9 Å². The summed E-state index contributed by atoms with van der Waals surface area (Å²) in [4.78, 5) is 12.1. The molecule has 0 aromatic heterocycles. The number of carbonyl (C=O) groups is 1. The SMILES string of the molecule is COC(=O)c1cc(S(=O)(=O)N(SCC2CCCCC2)c2ccccc2)ccc1C. The van der Waals surface area contributed by atoms with E-state index < -0.39 is 16.0 Å². The van der Waals surface area contributed by atoms with Crippen molar-refractivity contribution in [1.82, 2.24) is 0 Å². The van der Waals surface area contributed by atoms with Crippen LogP contribution in [0, 0.1) is 12.8 Å². The fourth-order valence-electron chi connectivity index (χ4n) is 3.55. The van der Waals surface area contributed by atoms with Crippen LogP contribution in [0.2, 0.25) is 0 Å². The van der Waals surface area contributed by atoms with Crippen molar-refractivity contribution >= 4 is 33.6 Å². The molecular formula is C22H27NO4S2. The monoisotopic (exact) mass is 433 g/mol. The predicted octanol–water partition coefficient (Wildman–Crippen LogP) is 5.21. The zero-order valence-electron chi connectivity index (χ0n) is 16.8. The van der Waals surface area contributed by atoms with E-state index in [1.807, 2.05) is 18.2 Å². The molecule has 2 aromatic rings. The van der Waals surface area contributed by atoms with Gasteiger partial charge in [0.15, 0.2) is 0 Å². The zero-order valence-corrected chi connectivity index (χ0v) is 18.5. The highest BCUT2D eigenvalue weighted by molar-refractivity contribution is 8.14. The molecule has 0 heterocycles. The first kappa shape index (κ1) is 21.7. The van der Waals surface area contributed by atoms with Crippen molar-refractivity contribution in [3.05, 3.63) is 59.7 Å². The van der Waals surface area contributed by atoms with Crippen LogP contribution in [0.4, 0.5) is 5.69 Å². The number of para-hydroxylation sites is 1. The van der Waals surface area contributed by atoms with Gasteiger partial charge in [0.2, 0.25) is 0 Å². The lowest BCUT2D eigenvalue weighted by Crippen LogP contribution is -2.26. The molecule has 5 nitrogen and oxygen atoms in total. The molecule has 0 aliphatic heterocycles. The molecule has 3 rings (SSSR count). The van der Waals surface area contributed by atoms with Crippen LogP contribution < -0.4 is 3.71 Å². The van der Waals surface area contributed by atoms with E-state index >= 15 is 0 Å². The van der Waals surface area contributed by atoms with Crippen LogP contribution in [0.5, 0.6) is 0 Å². The van der Waals surface area contributed by atoms with Gasteiger partial charge >= 0.3 is 5.97 Å². The predicted molar refractivity (Wildman–Crippen MR) is 118 cm³/mol. The van der Waals surface area contributed by atoms with E-state index in [0.717, 1.165) is 18.6 Å². The van der Waals surface area contributed by atoms with Gasteiger partial charge in [-0.1, -0.05) is 43.5 Å². The minimum absolute atomic E-state index is 0.0866. The van der Waals surface area contributed by atoms with Gasteiger partial charge in [0, 0.05) is 5.75 Å². The molecule has 0 unspecified atom stereocenters. The Balaban J connectivity index is 1.94. The number of rotatable bonds is 7. The number of ether oxygens (including phenoxy) is 1. The second-order valence-corrected chi connectivity index (χ2v) is 10.3.